The van der Waals surface area contributed by atoms with Gasteiger partial charge in [-0.1, -0.05) is 72.8 Å². The van der Waals surface area contributed by atoms with E-state index in [1.54, 1.807) is 28.4 Å². The minimum Gasteiger partial charge on any atom is -0.382 e. The molecule has 0 aromatic carbocycles. The van der Waals surface area contributed by atoms with Crippen LogP contribution in [0.4, 0.5) is 0 Å². The number of methoxy groups -OCH3 is 4. The van der Waals surface area contributed by atoms with Gasteiger partial charge in [0.1, 0.15) is 0 Å². The van der Waals surface area contributed by atoms with Crippen LogP contribution in [0.3, 0.4) is 0 Å². The van der Waals surface area contributed by atoms with Gasteiger partial charge >= 0.3 is 0 Å². The van der Waals surface area contributed by atoms with Crippen molar-refractivity contribution in [1.29, 1.82) is 0 Å². The van der Waals surface area contributed by atoms with Gasteiger partial charge in [0.15, 0.2) is 0 Å². The maximum absolute atomic E-state index is 5.81. The molecule has 0 bridgehead atoms. The van der Waals surface area contributed by atoms with Crippen LogP contribution in [-0.2, 0) is 37.9 Å². The Hall–Kier alpha value is -0.320. The summed E-state index contributed by atoms with van der Waals surface area (Å²) >= 11 is 0. The van der Waals surface area contributed by atoms with Gasteiger partial charge in [-0.05, 0) is 43.4 Å². The first-order chi connectivity index (χ1) is 16.2. The molecule has 264 valence electrons. The average molecular weight is 609 g/mol. The lowest BCUT2D eigenvalue weighted by Crippen LogP contribution is -2.28. The number of ether oxygens (including phenoxy) is 8. The van der Waals surface area contributed by atoms with Gasteiger partial charge in [-0.15, -0.1) is 0 Å². The third-order valence-corrected chi connectivity index (χ3v) is 5.94. The Morgan fingerprint density at radius 2 is 0.561 bits per heavy atom. The predicted molar refractivity (Wildman–Crippen MR) is 184 cm³/mol. The third kappa shape index (κ3) is 39.7. The molecular formula is C33H84O8. The first kappa shape index (κ1) is 63.8. The molecule has 0 fully saturated rings. The number of rotatable bonds is 27. The van der Waals surface area contributed by atoms with Crippen molar-refractivity contribution in [2.75, 3.05) is 108 Å². The largest absolute Gasteiger partial charge is 0.382 e. The molecule has 8 nitrogen and oxygen atoms in total. The van der Waals surface area contributed by atoms with Crippen molar-refractivity contribution in [3.05, 3.63) is 0 Å². The van der Waals surface area contributed by atoms with Crippen LogP contribution in [-0.4, -0.2) is 108 Å². The van der Waals surface area contributed by atoms with Crippen LogP contribution >= 0.6 is 0 Å². The zero-order valence-corrected chi connectivity index (χ0v) is 22.0. The summed E-state index contributed by atoms with van der Waals surface area (Å²) in [5.74, 6) is 1.59. The van der Waals surface area contributed by atoms with Crippen molar-refractivity contribution in [1.82, 2.24) is 0 Å². The van der Waals surface area contributed by atoms with Crippen LogP contribution in [0.15, 0.2) is 0 Å². The maximum atomic E-state index is 5.81. The Labute approximate surface area is 261 Å². The molecule has 0 radical (unpaired) electrons. The summed E-state index contributed by atoms with van der Waals surface area (Å²) in [7, 11) is 6.80. The van der Waals surface area contributed by atoms with E-state index in [1.165, 1.54) is 0 Å². The lowest BCUT2D eigenvalue weighted by atomic mass is 9.74. The molecule has 0 N–H and O–H groups in total. The molecule has 0 saturated carbocycles. The zero-order valence-electron chi connectivity index (χ0n) is 22.0. The Morgan fingerprint density at radius 3 is 0.732 bits per heavy atom. The quantitative estimate of drug-likeness (QED) is 0.0859. The second-order valence-electron chi connectivity index (χ2n) is 8.17. The normalized spacial score (nSPS) is 9.66. The number of hydrogen-bond donors (Lipinski definition) is 0. The minimum atomic E-state index is 0. The van der Waals surface area contributed by atoms with Gasteiger partial charge in [0.2, 0.25) is 0 Å². The molecule has 0 spiro atoms. The van der Waals surface area contributed by atoms with Crippen LogP contribution in [0.1, 0.15) is 98.4 Å². The smallest absolute Gasteiger partial charge is 0.0700 e. The Morgan fingerprint density at radius 1 is 0.341 bits per heavy atom. The van der Waals surface area contributed by atoms with Gasteiger partial charge in [0.25, 0.3) is 0 Å². The fraction of sp³-hybridized carbons (Fsp3) is 1.00. The van der Waals surface area contributed by atoms with Gasteiger partial charge in [-0.3, -0.25) is 0 Å². The van der Waals surface area contributed by atoms with Gasteiger partial charge in [0.05, 0.1) is 52.9 Å². The fourth-order valence-electron chi connectivity index (χ4n) is 4.11. The molecule has 0 unspecified atom stereocenters. The van der Waals surface area contributed by atoms with E-state index in [0.29, 0.717) is 70.6 Å². The lowest BCUT2D eigenvalue weighted by molar-refractivity contribution is 0.0172. The zero-order chi connectivity index (χ0) is 24.4. The standard InChI is InChI=1S/C25H52O8.8CH4/c1-6-25(23(7-11-30-19-15-26-2)8-12-31-20-16-27-3)24(9-13-32-21-17-28-4)10-14-33-22-18-29-5;;;;;;;;/h23-25H,6-22H2,1-5H3;8*1H4. The van der Waals surface area contributed by atoms with Crippen LogP contribution in [0.25, 0.3) is 0 Å². The molecule has 0 atom stereocenters. The fourth-order valence-corrected chi connectivity index (χ4v) is 4.11. The second-order valence-corrected chi connectivity index (χ2v) is 8.17. The van der Waals surface area contributed by atoms with E-state index < -0.39 is 0 Å². The molecule has 0 heterocycles. The molecule has 0 aliphatic heterocycles. The Balaban J connectivity index is -0.000000183. The van der Waals surface area contributed by atoms with E-state index in [4.69, 9.17) is 37.9 Å². The molecule has 0 rings (SSSR count). The monoisotopic (exact) mass is 609 g/mol. The van der Waals surface area contributed by atoms with Crippen molar-refractivity contribution < 1.29 is 37.9 Å². The SMILES string of the molecule is C.C.C.C.C.C.C.C.CCC(C(CCOCCOC)CCOCCOC)C(CCOCCOC)CCOCCOC. The first-order valence-electron chi connectivity index (χ1n) is 12.5. The Kier molecular flexibility index (Phi) is 81.5. The highest BCUT2D eigenvalue weighted by Gasteiger charge is 2.28. The molecule has 0 aliphatic carbocycles. The highest BCUT2D eigenvalue weighted by molar-refractivity contribution is 4.77. The highest BCUT2D eigenvalue weighted by atomic mass is 16.5. The van der Waals surface area contributed by atoms with E-state index >= 15 is 0 Å². The van der Waals surface area contributed by atoms with Gasteiger partial charge < -0.3 is 37.9 Å². The second kappa shape index (κ2) is 52.3. The summed E-state index contributed by atoms with van der Waals surface area (Å²) in [6.45, 7) is 10.3. The number of hydrogen-bond acceptors (Lipinski definition) is 8. The first-order valence-corrected chi connectivity index (χ1v) is 12.5. The van der Waals surface area contributed by atoms with E-state index in [9.17, 15) is 0 Å². The van der Waals surface area contributed by atoms with Crippen molar-refractivity contribution in [3.63, 3.8) is 0 Å². The minimum absolute atomic E-state index is 0. The average Bonchev–Trinajstić information content (AvgIpc) is 2.82. The summed E-state index contributed by atoms with van der Waals surface area (Å²) in [5, 5.41) is 0. The molecule has 0 aromatic rings. The van der Waals surface area contributed by atoms with Crippen molar-refractivity contribution in [2.45, 2.75) is 98.4 Å². The van der Waals surface area contributed by atoms with Crippen molar-refractivity contribution >= 4 is 0 Å². The van der Waals surface area contributed by atoms with Crippen LogP contribution in [0.5, 0.6) is 0 Å². The molecule has 0 aliphatic rings. The highest BCUT2D eigenvalue weighted by Crippen LogP contribution is 2.34. The summed E-state index contributed by atoms with van der Waals surface area (Å²) in [5.41, 5.74) is 0. The maximum Gasteiger partial charge on any atom is 0.0700 e. The molecule has 8 heteroatoms. The molecular weight excluding hydrogens is 524 g/mol. The van der Waals surface area contributed by atoms with Crippen LogP contribution < -0.4 is 0 Å². The molecule has 0 aromatic heterocycles. The summed E-state index contributed by atoms with van der Waals surface area (Å²) in [4.78, 5) is 0. The van der Waals surface area contributed by atoms with E-state index in [1.807, 2.05) is 0 Å². The lowest BCUT2D eigenvalue weighted by Gasteiger charge is -2.34. The van der Waals surface area contributed by atoms with Crippen molar-refractivity contribution in [3.8, 4) is 0 Å². The van der Waals surface area contributed by atoms with Crippen LogP contribution in [0, 0.1) is 17.8 Å². The topological polar surface area (TPSA) is 73.8 Å². The molecule has 0 saturated heterocycles. The van der Waals surface area contributed by atoms with Gasteiger partial charge in [-0.2, -0.15) is 0 Å². The van der Waals surface area contributed by atoms with Gasteiger partial charge in [-0.25, -0.2) is 0 Å². The Bertz CT molecular complexity index is 315. The molecule has 0 amide bonds. The third-order valence-electron chi connectivity index (χ3n) is 5.94. The van der Waals surface area contributed by atoms with E-state index in [0.717, 1.165) is 58.5 Å². The van der Waals surface area contributed by atoms with Crippen LogP contribution in [0.2, 0.25) is 0 Å². The van der Waals surface area contributed by atoms with Crippen molar-refractivity contribution in [2.24, 2.45) is 17.8 Å². The van der Waals surface area contributed by atoms with Gasteiger partial charge in [0, 0.05) is 54.9 Å². The summed E-state index contributed by atoms with van der Waals surface area (Å²) in [6.07, 6.45) is 5.17. The van der Waals surface area contributed by atoms with E-state index in [-0.39, 0.29) is 59.4 Å². The summed E-state index contributed by atoms with van der Waals surface area (Å²) < 4.78 is 43.6. The summed E-state index contributed by atoms with van der Waals surface area (Å²) in [6, 6.07) is 0. The molecule has 41 heavy (non-hydrogen) atoms. The predicted octanol–water partition coefficient (Wildman–Crippen LogP) is 8.55. The van der Waals surface area contributed by atoms with E-state index in [2.05, 4.69) is 6.92 Å².